The molecule has 0 radical (unpaired) electrons. The van der Waals surface area contributed by atoms with Crippen LogP contribution in [0.15, 0.2) is 41.3 Å². The molecule has 0 saturated heterocycles. The Morgan fingerprint density at radius 3 is 2.19 bits per heavy atom. The molecule has 4 N–H and O–H groups in total. The maximum Gasteiger partial charge on any atom is 0.472 e. The Bertz CT molecular complexity index is 1200. The van der Waals surface area contributed by atoms with E-state index in [1.54, 1.807) is 31.7 Å². The Morgan fingerprint density at radius 2 is 1.59 bits per heavy atom. The average molecular weight is 561 g/mol. The first kappa shape index (κ1) is 30.3. The Kier molecular flexibility index (Phi) is 10.7. The van der Waals surface area contributed by atoms with Crippen molar-refractivity contribution in [3.8, 4) is 0 Å². The first-order valence-corrected chi connectivity index (χ1v) is 14.1. The van der Waals surface area contributed by atoms with Crippen LogP contribution in [-0.4, -0.2) is 37.9 Å². The van der Waals surface area contributed by atoms with E-state index in [0.717, 1.165) is 12.2 Å². The second-order valence-corrected chi connectivity index (χ2v) is 11.7. The predicted octanol–water partition coefficient (Wildman–Crippen LogP) is 5.22. The molecule has 0 spiro atoms. The van der Waals surface area contributed by atoms with Gasteiger partial charge < -0.3 is 5.32 Å². The summed E-state index contributed by atoms with van der Waals surface area (Å²) in [6, 6.07) is 8.30. The third kappa shape index (κ3) is 9.80. The number of benzene rings is 2. The number of alkyl halides is 3. The minimum atomic E-state index is -5.04. The standard InChI is InChI=1S/C24H31F3N4O4S2/c1-15(2)9-11-36-12-10-22(32)28-20-14-21(17(4)13-16(20)3)37(34,35)31-19-7-5-18(6-8-19)29-30-23(33)24(25,26)27/h5-8,13-15,29,31H,9-12H2,1-4H3,(H,28,32)(H,30,33). The second kappa shape index (κ2) is 13.0. The van der Waals surface area contributed by atoms with Gasteiger partial charge in [-0.3, -0.25) is 25.2 Å². The maximum absolute atomic E-state index is 13.1. The number of carbonyl (C=O) groups excluding carboxylic acids is 2. The lowest BCUT2D eigenvalue weighted by Gasteiger charge is -2.15. The number of aryl methyl sites for hydroxylation is 2. The van der Waals surface area contributed by atoms with E-state index in [9.17, 15) is 31.2 Å². The van der Waals surface area contributed by atoms with Gasteiger partial charge in [0.05, 0.1) is 10.6 Å². The van der Waals surface area contributed by atoms with Crippen molar-refractivity contribution in [3.05, 3.63) is 47.5 Å². The fraction of sp³-hybridized carbons (Fsp3) is 0.417. The number of hydrazine groups is 1. The molecule has 0 bridgehead atoms. The van der Waals surface area contributed by atoms with E-state index in [1.165, 1.54) is 35.8 Å². The Balaban J connectivity index is 2.05. The number of halogens is 3. The van der Waals surface area contributed by atoms with Crippen molar-refractivity contribution < 1.29 is 31.2 Å². The lowest BCUT2D eigenvalue weighted by Crippen LogP contribution is -2.40. The van der Waals surface area contributed by atoms with Gasteiger partial charge in [-0.25, -0.2) is 8.42 Å². The number of sulfonamides is 1. The summed E-state index contributed by atoms with van der Waals surface area (Å²) >= 11 is 1.70. The van der Waals surface area contributed by atoms with Gasteiger partial charge in [0.2, 0.25) is 5.91 Å². The number of nitrogens with one attached hydrogen (secondary N) is 4. The normalized spacial score (nSPS) is 11.8. The van der Waals surface area contributed by atoms with Crippen molar-refractivity contribution in [2.75, 3.05) is 27.0 Å². The molecular formula is C24H31F3N4O4S2. The van der Waals surface area contributed by atoms with Gasteiger partial charge >= 0.3 is 12.1 Å². The molecule has 13 heteroatoms. The highest BCUT2D eigenvalue weighted by atomic mass is 32.2. The van der Waals surface area contributed by atoms with Crippen molar-refractivity contribution in [1.82, 2.24) is 5.43 Å². The third-order valence-electron chi connectivity index (χ3n) is 5.11. The summed E-state index contributed by atoms with van der Waals surface area (Å²) in [5.74, 6) is -0.130. The number of hydrogen-bond donors (Lipinski definition) is 4. The van der Waals surface area contributed by atoms with Crippen molar-refractivity contribution in [2.45, 2.75) is 51.6 Å². The van der Waals surface area contributed by atoms with E-state index in [-0.39, 0.29) is 22.2 Å². The highest BCUT2D eigenvalue weighted by Gasteiger charge is 2.38. The van der Waals surface area contributed by atoms with Crippen LogP contribution in [0.2, 0.25) is 0 Å². The van der Waals surface area contributed by atoms with Crippen molar-refractivity contribution in [1.29, 1.82) is 0 Å². The summed E-state index contributed by atoms with van der Waals surface area (Å²) in [5.41, 5.74) is 5.44. The van der Waals surface area contributed by atoms with Gasteiger partial charge in [-0.2, -0.15) is 24.9 Å². The van der Waals surface area contributed by atoms with Gasteiger partial charge in [0.1, 0.15) is 0 Å². The minimum Gasteiger partial charge on any atom is -0.326 e. The van der Waals surface area contributed by atoms with Crippen LogP contribution < -0.4 is 20.9 Å². The summed E-state index contributed by atoms with van der Waals surface area (Å²) in [4.78, 5) is 23.3. The molecule has 204 valence electrons. The molecule has 0 atom stereocenters. The maximum atomic E-state index is 13.1. The SMILES string of the molecule is Cc1cc(C)c(S(=O)(=O)Nc2ccc(NNC(=O)C(F)(F)F)cc2)cc1NC(=O)CCSCCC(C)C. The summed E-state index contributed by atoms with van der Waals surface area (Å²) in [7, 11) is -4.05. The van der Waals surface area contributed by atoms with Crippen LogP contribution in [0.1, 0.15) is 37.8 Å². The molecule has 37 heavy (non-hydrogen) atoms. The van der Waals surface area contributed by atoms with Crippen molar-refractivity contribution >= 4 is 50.7 Å². The third-order valence-corrected chi connectivity index (χ3v) is 7.65. The van der Waals surface area contributed by atoms with Gasteiger partial charge in [0, 0.05) is 23.5 Å². The summed E-state index contributed by atoms with van der Waals surface area (Å²) in [6.45, 7) is 7.69. The zero-order chi connectivity index (χ0) is 27.8. The molecule has 0 aliphatic carbocycles. The Labute approximate surface area is 219 Å². The average Bonchev–Trinajstić information content (AvgIpc) is 2.78. The number of anilines is 3. The molecule has 0 unspecified atom stereocenters. The summed E-state index contributed by atoms with van der Waals surface area (Å²) in [6.07, 6.45) is -3.66. The fourth-order valence-corrected chi connectivity index (χ4v) is 5.57. The molecule has 0 heterocycles. The molecule has 0 aliphatic heterocycles. The van der Waals surface area contributed by atoms with E-state index in [4.69, 9.17) is 0 Å². The summed E-state index contributed by atoms with van der Waals surface area (Å²) in [5, 5.41) is 2.79. The molecule has 2 aromatic rings. The van der Waals surface area contributed by atoms with Crippen molar-refractivity contribution in [3.63, 3.8) is 0 Å². The van der Waals surface area contributed by atoms with Crippen LogP contribution in [0, 0.1) is 19.8 Å². The number of thioether (sulfide) groups is 1. The molecule has 2 aromatic carbocycles. The lowest BCUT2D eigenvalue weighted by molar-refractivity contribution is -0.173. The van der Waals surface area contributed by atoms with Gasteiger partial charge in [-0.05, 0) is 73.4 Å². The number of hydrogen-bond acceptors (Lipinski definition) is 6. The van der Waals surface area contributed by atoms with E-state index in [1.807, 2.05) is 0 Å². The topological polar surface area (TPSA) is 116 Å². The molecule has 0 aliphatic rings. The van der Waals surface area contributed by atoms with Crippen LogP contribution in [0.3, 0.4) is 0 Å². The van der Waals surface area contributed by atoms with Crippen molar-refractivity contribution in [2.24, 2.45) is 5.92 Å². The molecule has 8 nitrogen and oxygen atoms in total. The molecule has 2 rings (SSSR count). The number of amides is 2. The van der Waals surface area contributed by atoms with E-state index < -0.39 is 22.1 Å². The van der Waals surface area contributed by atoms with Gasteiger partial charge in [0.25, 0.3) is 10.0 Å². The lowest BCUT2D eigenvalue weighted by atomic mass is 10.1. The highest BCUT2D eigenvalue weighted by Crippen LogP contribution is 2.27. The minimum absolute atomic E-state index is 0.0284. The molecular weight excluding hydrogens is 529 g/mol. The monoisotopic (exact) mass is 560 g/mol. The van der Waals surface area contributed by atoms with Crippen LogP contribution in [0.5, 0.6) is 0 Å². The van der Waals surface area contributed by atoms with E-state index >= 15 is 0 Å². The fourth-order valence-electron chi connectivity index (χ4n) is 3.09. The second-order valence-electron chi connectivity index (χ2n) is 8.79. The quantitative estimate of drug-likeness (QED) is 0.209. The smallest absolute Gasteiger partial charge is 0.326 e. The molecule has 0 fully saturated rings. The van der Waals surface area contributed by atoms with Gasteiger partial charge in [0.15, 0.2) is 0 Å². The molecule has 0 aromatic heterocycles. The Morgan fingerprint density at radius 1 is 0.973 bits per heavy atom. The Hall–Kier alpha value is -2.93. The largest absolute Gasteiger partial charge is 0.472 e. The highest BCUT2D eigenvalue weighted by molar-refractivity contribution is 7.99. The molecule has 2 amide bonds. The first-order chi connectivity index (χ1) is 17.2. The van der Waals surface area contributed by atoms with Crippen LogP contribution in [0.4, 0.5) is 30.2 Å². The number of carbonyl (C=O) groups is 2. The van der Waals surface area contributed by atoms with Gasteiger partial charge in [-0.1, -0.05) is 19.9 Å². The predicted molar refractivity (Wildman–Crippen MR) is 141 cm³/mol. The van der Waals surface area contributed by atoms with Crippen LogP contribution in [0.25, 0.3) is 0 Å². The van der Waals surface area contributed by atoms with E-state index in [0.29, 0.717) is 34.9 Å². The zero-order valence-corrected chi connectivity index (χ0v) is 22.6. The van der Waals surface area contributed by atoms with E-state index in [2.05, 4.69) is 29.3 Å². The molecule has 0 saturated carbocycles. The van der Waals surface area contributed by atoms with Crippen LogP contribution in [-0.2, 0) is 19.6 Å². The van der Waals surface area contributed by atoms with Gasteiger partial charge in [-0.15, -0.1) is 0 Å². The first-order valence-electron chi connectivity index (χ1n) is 11.4. The zero-order valence-electron chi connectivity index (χ0n) is 21.0. The summed E-state index contributed by atoms with van der Waals surface area (Å²) < 4.78 is 65.3. The number of rotatable bonds is 12. The van der Waals surface area contributed by atoms with Crippen LogP contribution >= 0.6 is 11.8 Å².